The number of benzene rings is 1. The zero-order valence-electron chi connectivity index (χ0n) is 10.4. The van der Waals surface area contributed by atoms with Gasteiger partial charge in [-0.15, -0.1) is 0 Å². The maximum absolute atomic E-state index is 12.3. The number of anilines is 2. The molecule has 0 aliphatic rings. The minimum Gasteiger partial charge on any atom is -0.397 e. The van der Waals surface area contributed by atoms with Gasteiger partial charge in [-0.05, 0) is 18.6 Å². The second-order valence-electron chi connectivity index (χ2n) is 4.07. The molecule has 6 nitrogen and oxygen atoms in total. The van der Waals surface area contributed by atoms with Gasteiger partial charge in [0.05, 0.1) is 22.6 Å². The molecule has 1 aromatic heterocycles. The van der Waals surface area contributed by atoms with E-state index in [0.29, 0.717) is 11.4 Å². The van der Waals surface area contributed by atoms with E-state index in [1.165, 1.54) is 17.9 Å². The Labute approximate surface area is 116 Å². The quantitative estimate of drug-likeness (QED) is 0.845. The zero-order chi connectivity index (χ0) is 14.2. The number of rotatable bonds is 3. The summed E-state index contributed by atoms with van der Waals surface area (Å²) >= 11 is 5.84. The van der Waals surface area contributed by atoms with Crippen LogP contribution in [0.5, 0.6) is 0 Å². The Kier molecular flexibility index (Phi) is 3.42. The minimum absolute atomic E-state index is 0.0576. The molecule has 0 atom stereocenters. The molecule has 0 saturated carbocycles. The van der Waals surface area contributed by atoms with E-state index in [4.69, 9.17) is 17.3 Å². The van der Waals surface area contributed by atoms with Crippen LogP contribution in [0.4, 0.5) is 11.4 Å². The topological polar surface area (TPSA) is 90.0 Å². The van der Waals surface area contributed by atoms with Gasteiger partial charge in [0.25, 0.3) is 10.0 Å². The van der Waals surface area contributed by atoms with E-state index in [2.05, 4.69) is 9.82 Å². The van der Waals surface area contributed by atoms with Gasteiger partial charge in [-0.3, -0.25) is 9.40 Å². The summed E-state index contributed by atoms with van der Waals surface area (Å²) in [7, 11) is -2.34. The molecule has 0 saturated heterocycles. The number of nitrogens with zero attached hydrogens (tertiary/aromatic N) is 2. The lowest BCUT2D eigenvalue weighted by atomic mass is 10.2. The Bertz CT molecular complexity index is 685. The van der Waals surface area contributed by atoms with Crippen molar-refractivity contribution in [1.82, 2.24) is 9.78 Å². The van der Waals surface area contributed by atoms with Crippen molar-refractivity contribution in [2.24, 2.45) is 7.05 Å². The van der Waals surface area contributed by atoms with Crippen LogP contribution < -0.4 is 10.5 Å². The maximum Gasteiger partial charge on any atom is 0.280 e. The molecule has 0 aliphatic heterocycles. The molecule has 8 heteroatoms. The highest BCUT2D eigenvalue weighted by Crippen LogP contribution is 2.28. The molecule has 102 valence electrons. The largest absolute Gasteiger partial charge is 0.397 e. The van der Waals surface area contributed by atoms with Gasteiger partial charge in [0.15, 0.2) is 5.03 Å². The van der Waals surface area contributed by atoms with E-state index in [1.807, 2.05) is 0 Å². The number of nitrogens with two attached hydrogens (primary N) is 1. The fourth-order valence-electron chi connectivity index (χ4n) is 1.71. The molecular formula is C11H13ClN4O2S. The molecule has 0 unspecified atom stereocenters. The smallest absolute Gasteiger partial charge is 0.280 e. The van der Waals surface area contributed by atoms with Crippen LogP contribution in [0.3, 0.4) is 0 Å². The monoisotopic (exact) mass is 300 g/mol. The van der Waals surface area contributed by atoms with Crippen LogP contribution >= 0.6 is 11.6 Å². The molecule has 0 bridgehead atoms. The van der Waals surface area contributed by atoms with Crippen LogP contribution in [0.15, 0.2) is 29.4 Å². The third-order valence-corrected chi connectivity index (χ3v) is 4.49. The zero-order valence-corrected chi connectivity index (χ0v) is 12.0. The van der Waals surface area contributed by atoms with Crippen LogP contribution in [-0.4, -0.2) is 18.2 Å². The van der Waals surface area contributed by atoms with Crippen molar-refractivity contribution in [1.29, 1.82) is 0 Å². The van der Waals surface area contributed by atoms with Gasteiger partial charge in [-0.1, -0.05) is 23.7 Å². The van der Waals surface area contributed by atoms with Crippen LogP contribution in [0.1, 0.15) is 5.56 Å². The number of hydrogen-bond donors (Lipinski definition) is 2. The average molecular weight is 301 g/mol. The van der Waals surface area contributed by atoms with Crippen molar-refractivity contribution in [2.45, 2.75) is 11.9 Å². The fourth-order valence-corrected chi connectivity index (χ4v) is 3.53. The average Bonchev–Trinajstić information content (AvgIpc) is 2.64. The molecule has 0 radical (unpaired) electrons. The molecule has 0 amide bonds. The van der Waals surface area contributed by atoms with Gasteiger partial charge in [-0.25, -0.2) is 0 Å². The molecule has 1 aromatic carbocycles. The second kappa shape index (κ2) is 4.75. The first-order valence-corrected chi connectivity index (χ1v) is 7.24. The molecular weight excluding hydrogens is 288 g/mol. The highest BCUT2D eigenvalue weighted by atomic mass is 35.5. The Hall–Kier alpha value is -1.73. The van der Waals surface area contributed by atoms with E-state index in [-0.39, 0.29) is 10.0 Å². The second-order valence-corrected chi connectivity index (χ2v) is 6.07. The third-order valence-electron chi connectivity index (χ3n) is 2.64. The summed E-state index contributed by atoms with van der Waals surface area (Å²) in [6.07, 6.45) is 1.28. The standard InChI is InChI=1S/C11H13ClN4O2S/c1-7-4-3-5-9(13)10(7)15-19(17,18)11-8(12)6-14-16(11)2/h3-6,15H,13H2,1-2H3. The van der Waals surface area contributed by atoms with Crippen molar-refractivity contribution < 1.29 is 8.42 Å². The predicted molar refractivity (Wildman–Crippen MR) is 74.6 cm³/mol. The first-order chi connectivity index (χ1) is 8.83. The van der Waals surface area contributed by atoms with E-state index < -0.39 is 10.0 Å². The van der Waals surface area contributed by atoms with Crippen molar-refractivity contribution in [3.63, 3.8) is 0 Å². The minimum atomic E-state index is -3.84. The molecule has 2 aromatic rings. The maximum atomic E-state index is 12.3. The predicted octanol–water partition coefficient (Wildman–Crippen LogP) is 1.76. The van der Waals surface area contributed by atoms with Gasteiger partial charge in [0, 0.05) is 7.05 Å². The van der Waals surface area contributed by atoms with Gasteiger partial charge in [0.1, 0.15) is 0 Å². The summed E-state index contributed by atoms with van der Waals surface area (Å²) in [5.41, 5.74) is 7.20. The van der Waals surface area contributed by atoms with Gasteiger partial charge < -0.3 is 5.73 Å². The molecule has 1 heterocycles. The van der Waals surface area contributed by atoms with Gasteiger partial charge in [0.2, 0.25) is 0 Å². The van der Waals surface area contributed by atoms with E-state index in [0.717, 1.165) is 5.56 Å². The summed E-state index contributed by atoms with van der Waals surface area (Å²) in [5, 5.41) is 3.76. The van der Waals surface area contributed by atoms with Crippen molar-refractivity contribution >= 4 is 33.0 Å². The number of halogens is 1. The highest BCUT2D eigenvalue weighted by Gasteiger charge is 2.24. The van der Waals surface area contributed by atoms with E-state index in [9.17, 15) is 8.42 Å². The number of aromatic nitrogens is 2. The highest BCUT2D eigenvalue weighted by molar-refractivity contribution is 7.92. The Morgan fingerprint density at radius 3 is 2.63 bits per heavy atom. The molecule has 0 spiro atoms. The van der Waals surface area contributed by atoms with Crippen LogP contribution in [0.25, 0.3) is 0 Å². The molecule has 0 fully saturated rings. The normalized spacial score (nSPS) is 11.5. The number of sulfonamides is 1. The lowest BCUT2D eigenvalue weighted by Gasteiger charge is -2.13. The number of nitrogens with one attached hydrogen (secondary N) is 1. The number of aryl methyl sites for hydroxylation is 2. The van der Waals surface area contributed by atoms with Crippen molar-refractivity contribution in [2.75, 3.05) is 10.5 Å². The number of hydrogen-bond acceptors (Lipinski definition) is 4. The molecule has 2 rings (SSSR count). The van der Waals surface area contributed by atoms with Crippen LogP contribution in [-0.2, 0) is 17.1 Å². The fraction of sp³-hybridized carbons (Fsp3) is 0.182. The van der Waals surface area contributed by atoms with E-state index >= 15 is 0 Å². The summed E-state index contributed by atoms with van der Waals surface area (Å²) in [4.78, 5) is 0. The van der Waals surface area contributed by atoms with E-state index in [1.54, 1.807) is 25.1 Å². The molecule has 0 aliphatic carbocycles. The van der Waals surface area contributed by atoms with Gasteiger partial charge >= 0.3 is 0 Å². The Morgan fingerprint density at radius 2 is 2.11 bits per heavy atom. The van der Waals surface area contributed by atoms with Crippen molar-refractivity contribution in [3.05, 3.63) is 35.0 Å². The Morgan fingerprint density at radius 1 is 1.42 bits per heavy atom. The number of para-hydroxylation sites is 1. The summed E-state index contributed by atoms with van der Waals surface area (Å²) in [6, 6.07) is 5.13. The molecule has 3 N–H and O–H groups in total. The van der Waals surface area contributed by atoms with Crippen molar-refractivity contribution in [3.8, 4) is 0 Å². The first-order valence-electron chi connectivity index (χ1n) is 5.38. The van der Waals surface area contributed by atoms with Crippen LogP contribution in [0, 0.1) is 6.92 Å². The van der Waals surface area contributed by atoms with Crippen LogP contribution in [0.2, 0.25) is 5.02 Å². The third kappa shape index (κ3) is 2.52. The SMILES string of the molecule is Cc1cccc(N)c1NS(=O)(=O)c1c(Cl)cnn1C. The lowest BCUT2D eigenvalue weighted by Crippen LogP contribution is -2.18. The number of nitrogen functional groups attached to an aromatic ring is 1. The lowest BCUT2D eigenvalue weighted by molar-refractivity contribution is 0.582. The molecule has 19 heavy (non-hydrogen) atoms. The first kappa shape index (κ1) is 13.7. The summed E-state index contributed by atoms with van der Waals surface area (Å²) in [6.45, 7) is 1.76. The Balaban J connectivity index is 2.49. The summed E-state index contributed by atoms with van der Waals surface area (Å²) in [5.74, 6) is 0. The summed E-state index contributed by atoms with van der Waals surface area (Å²) < 4.78 is 28.2. The van der Waals surface area contributed by atoms with Gasteiger partial charge in [-0.2, -0.15) is 13.5 Å².